The summed E-state index contributed by atoms with van der Waals surface area (Å²) in [5.41, 5.74) is 0. The number of carbonyl (C=O) groups is 1. The zero-order chi connectivity index (χ0) is 13.8. The average molecular weight is 268 g/mol. The molecule has 0 bridgehead atoms. The van der Waals surface area contributed by atoms with Gasteiger partial charge in [0.1, 0.15) is 0 Å². The molecule has 1 saturated heterocycles. The second-order valence-corrected chi connectivity index (χ2v) is 4.71. The normalized spacial score (nSPS) is 18.6. The maximum Gasteiger partial charge on any atom is 0.295 e. The van der Waals surface area contributed by atoms with Gasteiger partial charge in [-0.1, -0.05) is 12.1 Å². The molecule has 1 aliphatic rings. The Hall–Kier alpha value is -1.47. The highest BCUT2D eigenvalue weighted by Gasteiger charge is 2.27. The molecule has 0 saturated carbocycles. The third-order valence-corrected chi connectivity index (χ3v) is 3.52. The van der Waals surface area contributed by atoms with Gasteiger partial charge < -0.3 is 14.5 Å². The fraction of sp³-hybridized carbons (Fsp3) is 0.750. The Morgan fingerprint density at radius 3 is 2.58 bits per heavy atom. The minimum atomic E-state index is -0.187. The standard InChI is InChI=1S/C12H20N4O3/c1-3-10(8-17)15-4-6-16(7-5-15)12(18)11-13-9(2)19-14-11/h10,17H,3-8H2,1-2H3. The van der Waals surface area contributed by atoms with E-state index in [0.717, 1.165) is 19.5 Å². The SMILES string of the molecule is CCC(CO)N1CCN(C(=O)c2noc(C)n2)CC1. The van der Waals surface area contributed by atoms with Crippen LogP contribution in [0.1, 0.15) is 29.9 Å². The monoisotopic (exact) mass is 268 g/mol. The van der Waals surface area contributed by atoms with Crippen molar-refractivity contribution in [2.75, 3.05) is 32.8 Å². The largest absolute Gasteiger partial charge is 0.395 e. The van der Waals surface area contributed by atoms with Crippen molar-refractivity contribution in [3.63, 3.8) is 0 Å². The highest BCUT2D eigenvalue weighted by molar-refractivity contribution is 5.90. The molecule has 1 aromatic rings. The highest BCUT2D eigenvalue weighted by Crippen LogP contribution is 2.11. The van der Waals surface area contributed by atoms with Crippen LogP contribution in [0.25, 0.3) is 0 Å². The summed E-state index contributed by atoms with van der Waals surface area (Å²) >= 11 is 0. The summed E-state index contributed by atoms with van der Waals surface area (Å²) in [4.78, 5) is 20.0. The Kier molecular flexibility index (Phi) is 4.49. The summed E-state index contributed by atoms with van der Waals surface area (Å²) in [5.74, 6) is 0.335. The van der Waals surface area contributed by atoms with E-state index in [-0.39, 0.29) is 24.4 Å². The van der Waals surface area contributed by atoms with E-state index < -0.39 is 0 Å². The summed E-state index contributed by atoms with van der Waals surface area (Å²) in [5, 5.41) is 12.9. The number of carbonyl (C=O) groups excluding carboxylic acids is 1. The van der Waals surface area contributed by atoms with Gasteiger partial charge >= 0.3 is 0 Å². The molecule has 2 heterocycles. The molecule has 106 valence electrons. The van der Waals surface area contributed by atoms with Crippen molar-refractivity contribution in [1.82, 2.24) is 19.9 Å². The molecule has 0 aromatic carbocycles. The molecule has 1 fully saturated rings. The molecular formula is C12H20N4O3. The van der Waals surface area contributed by atoms with Crippen LogP contribution in [0.2, 0.25) is 0 Å². The molecule has 1 aromatic heterocycles. The number of aliphatic hydroxyl groups excluding tert-OH is 1. The summed E-state index contributed by atoms with van der Waals surface area (Å²) in [7, 11) is 0. The number of hydrogen-bond acceptors (Lipinski definition) is 6. The number of hydrogen-bond donors (Lipinski definition) is 1. The Labute approximate surface area is 112 Å². The topological polar surface area (TPSA) is 82.7 Å². The van der Waals surface area contributed by atoms with Gasteiger partial charge in [-0.2, -0.15) is 4.98 Å². The van der Waals surface area contributed by atoms with Crippen molar-refractivity contribution < 1.29 is 14.4 Å². The van der Waals surface area contributed by atoms with E-state index in [1.165, 1.54) is 0 Å². The maximum atomic E-state index is 12.1. The van der Waals surface area contributed by atoms with Crippen LogP contribution < -0.4 is 0 Å². The maximum absolute atomic E-state index is 12.1. The number of amides is 1. The van der Waals surface area contributed by atoms with Crippen LogP contribution in [-0.4, -0.2) is 69.8 Å². The molecule has 7 heteroatoms. The fourth-order valence-electron chi connectivity index (χ4n) is 2.32. The number of rotatable bonds is 4. The van der Waals surface area contributed by atoms with Crippen LogP contribution in [-0.2, 0) is 0 Å². The number of aromatic nitrogens is 2. The Bertz CT molecular complexity index is 422. The molecular weight excluding hydrogens is 248 g/mol. The second-order valence-electron chi connectivity index (χ2n) is 4.71. The van der Waals surface area contributed by atoms with Crippen molar-refractivity contribution >= 4 is 5.91 Å². The smallest absolute Gasteiger partial charge is 0.295 e. The van der Waals surface area contributed by atoms with Crippen molar-refractivity contribution in [3.05, 3.63) is 11.7 Å². The van der Waals surface area contributed by atoms with Gasteiger partial charge in [-0.15, -0.1) is 0 Å². The first-order valence-electron chi connectivity index (χ1n) is 6.60. The van der Waals surface area contributed by atoms with Gasteiger partial charge in [-0.25, -0.2) is 0 Å². The highest BCUT2D eigenvalue weighted by atomic mass is 16.5. The van der Waals surface area contributed by atoms with Gasteiger partial charge in [-0.3, -0.25) is 9.69 Å². The first-order chi connectivity index (χ1) is 9.15. The molecule has 0 aliphatic carbocycles. The summed E-state index contributed by atoms with van der Waals surface area (Å²) in [6.45, 7) is 6.67. The van der Waals surface area contributed by atoms with Crippen molar-refractivity contribution in [3.8, 4) is 0 Å². The molecule has 2 rings (SSSR count). The number of piperazine rings is 1. The first kappa shape index (κ1) is 14.0. The van der Waals surface area contributed by atoms with E-state index in [2.05, 4.69) is 22.0 Å². The van der Waals surface area contributed by atoms with Crippen molar-refractivity contribution in [1.29, 1.82) is 0 Å². The molecule has 0 spiro atoms. The third-order valence-electron chi connectivity index (χ3n) is 3.52. The van der Waals surface area contributed by atoms with Crippen LogP contribution in [0.15, 0.2) is 4.52 Å². The lowest BCUT2D eigenvalue weighted by atomic mass is 10.1. The lowest BCUT2D eigenvalue weighted by Crippen LogP contribution is -2.52. The molecule has 0 radical (unpaired) electrons. The fourth-order valence-corrected chi connectivity index (χ4v) is 2.32. The van der Waals surface area contributed by atoms with Gasteiger partial charge in [0.05, 0.1) is 6.61 Å². The van der Waals surface area contributed by atoms with E-state index in [1.54, 1.807) is 11.8 Å². The van der Waals surface area contributed by atoms with Crippen LogP contribution >= 0.6 is 0 Å². The third kappa shape index (κ3) is 3.10. The Balaban J connectivity index is 1.91. The molecule has 1 amide bonds. The molecule has 1 aliphatic heterocycles. The number of aliphatic hydroxyl groups is 1. The van der Waals surface area contributed by atoms with E-state index >= 15 is 0 Å². The van der Waals surface area contributed by atoms with Crippen LogP contribution in [0, 0.1) is 6.92 Å². The Morgan fingerprint density at radius 2 is 2.11 bits per heavy atom. The quantitative estimate of drug-likeness (QED) is 0.821. The van der Waals surface area contributed by atoms with Crippen molar-refractivity contribution in [2.45, 2.75) is 26.3 Å². The molecule has 1 N–H and O–H groups in total. The van der Waals surface area contributed by atoms with Crippen LogP contribution in [0.5, 0.6) is 0 Å². The van der Waals surface area contributed by atoms with Crippen LogP contribution in [0.4, 0.5) is 0 Å². The van der Waals surface area contributed by atoms with Crippen molar-refractivity contribution in [2.24, 2.45) is 0 Å². The lowest BCUT2D eigenvalue weighted by molar-refractivity contribution is 0.0461. The van der Waals surface area contributed by atoms with Gasteiger partial charge in [0, 0.05) is 39.1 Å². The van der Waals surface area contributed by atoms with Gasteiger partial charge in [0.25, 0.3) is 11.7 Å². The number of aryl methyl sites for hydroxylation is 1. The van der Waals surface area contributed by atoms with E-state index in [9.17, 15) is 9.90 Å². The average Bonchev–Trinajstić information content (AvgIpc) is 2.87. The lowest BCUT2D eigenvalue weighted by Gasteiger charge is -2.37. The minimum absolute atomic E-state index is 0.125. The van der Waals surface area contributed by atoms with Gasteiger partial charge in [0.2, 0.25) is 5.89 Å². The predicted molar refractivity (Wildman–Crippen MR) is 67.7 cm³/mol. The molecule has 1 unspecified atom stereocenters. The molecule has 19 heavy (non-hydrogen) atoms. The first-order valence-corrected chi connectivity index (χ1v) is 6.60. The summed E-state index contributed by atoms with van der Waals surface area (Å²) < 4.78 is 4.82. The summed E-state index contributed by atoms with van der Waals surface area (Å²) in [6.07, 6.45) is 0.911. The summed E-state index contributed by atoms with van der Waals surface area (Å²) in [6, 6.07) is 0.185. The van der Waals surface area contributed by atoms with E-state index in [1.807, 2.05) is 0 Å². The van der Waals surface area contributed by atoms with E-state index in [0.29, 0.717) is 19.0 Å². The van der Waals surface area contributed by atoms with Crippen LogP contribution in [0.3, 0.4) is 0 Å². The predicted octanol–water partition coefficient (Wildman–Crippen LogP) is -0.0933. The zero-order valence-electron chi connectivity index (χ0n) is 11.4. The van der Waals surface area contributed by atoms with E-state index in [4.69, 9.17) is 4.52 Å². The second kappa shape index (κ2) is 6.12. The number of nitrogens with zero attached hydrogens (tertiary/aromatic N) is 4. The van der Waals surface area contributed by atoms with Gasteiger partial charge in [-0.05, 0) is 6.42 Å². The molecule has 1 atom stereocenters. The molecule has 7 nitrogen and oxygen atoms in total. The minimum Gasteiger partial charge on any atom is -0.395 e. The Morgan fingerprint density at radius 1 is 1.42 bits per heavy atom. The van der Waals surface area contributed by atoms with Gasteiger partial charge in [0.15, 0.2) is 0 Å². The zero-order valence-corrected chi connectivity index (χ0v) is 11.4.